The first-order chi connectivity index (χ1) is 10.3. The summed E-state index contributed by atoms with van der Waals surface area (Å²) in [6, 6.07) is 7.70. The third-order valence-electron chi connectivity index (χ3n) is 3.76. The zero-order valence-corrected chi connectivity index (χ0v) is 13.1. The van der Waals surface area contributed by atoms with E-state index in [1.165, 1.54) is 12.8 Å². The molecule has 0 spiro atoms. The normalized spacial score (nSPS) is 15.3. The molecular formula is C14H16BrN5O. The van der Waals surface area contributed by atoms with E-state index in [9.17, 15) is 4.79 Å². The fourth-order valence-corrected chi connectivity index (χ4v) is 3.13. The average molecular weight is 350 g/mol. The van der Waals surface area contributed by atoms with Crippen LogP contribution in [0.25, 0.3) is 0 Å². The van der Waals surface area contributed by atoms with E-state index in [1.807, 2.05) is 22.9 Å². The SMILES string of the molecule is O=C(NCc1nnnn1C1CCCC1)c1ccccc1Br. The first kappa shape index (κ1) is 14.2. The van der Waals surface area contributed by atoms with Crippen molar-refractivity contribution in [1.82, 2.24) is 25.5 Å². The maximum Gasteiger partial charge on any atom is 0.252 e. The molecule has 0 aliphatic heterocycles. The molecule has 1 aromatic heterocycles. The van der Waals surface area contributed by atoms with Crippen molar-refractivity contribution in [3.8, 4) is 0 Å². The number of hydrogen-bond acceptors (Lipinski definition) is 4. The van der Waals surface area contributed by atoms with Crippen LogP contribution in [0.1, 0.15) is 47.9 Å². The van der Waals surface area contributed by atoms with Crippen LogP contribution in [0.4, 0.5) is 0 Å². The Morgan fingerprint density at radius 3 is 2.86 bits per heavy atom. The Morgan fingerprint density at radius 2 is 2.10 bits per heavy atom. The molecule has 0 bridgehead atoms. The van der Waals surface area contributed by atoms with Gasteiger partial charge in [-0.15, -0.1) is 5.10 Å². The molecule has 21 heavy (non-hydrogen) atoms. The Bertz CT molecular complexity index is 636. The summed E-state index contributed by atoms with van der Waals surface area (Å²) in [5, 5.41) is 14.7. The highest BCUT2D eigenvalue weighted by Gasteiger charge is 2.21. The van der Waals surface area contributed by atoms with Gasteiger partial charge in [0.25, 0.3) is 5.91 Å². The quantitative estimate of drug-likeness (QED) is 0.920. The van der Waals surface area contributed by atoms with Crippen molar-refractivity contribution in [2.45, 2.75) is 38.3 Å². The number of carbonyl (C=O) groups is 1. The van der Waals surface area contributed by atoms with E-state index in [1.54, 1.807) is 6.07 Å². The molecule has 1 amide bonds. The minimum Gasteiger partial charge on any atom is -0.345 e. The molecule has 0 radical (unpaired) electrons. The van der Waals surface area contributed by atoms with Crippen LogP contribution in [0.15, 0.2) is 28.7 Å². The van der Waals surface area contributed by atoms with E-state index in [-0.39, 0.29) is 5.91 Å². The number of amides is 1. The number of benzene rings is 1. The molecule has 110 valence electrons. The highest BCUT2D eigenvalue weighted by atomic mass is 79.9. The Labute approximate surface area is 131 Å². The van der Waals surface area contributed by atoms with Crippen molar-refractivity contribution in [2.75, 3.05) is 0 Å². The van der Waals surface area contributed by atoms with Gasteiger partial charge in [-0.3, -0.25) is 4.79 Å². The van der Waals surface area contributed by atoms with E-state index < -0.39 is 0 Å². The monoisotopic (exact) mass is 349 g/mol. The van der Waals surface area contributed by atoms with Gasteiger partial charge in [0.05, 0.1) is 18.2 Å². The van der Waals surface area contributed by atoms with Crippen molar-refractivity contribution >= 4 is 21.8 Å². The second kappa shape index (κ2) is 6.34. The van der Waals surface area contributed by atoms with Gasteiger partial charge in [-0.2, -0.15) is 0 Å². The molecular weight excluding hydrogens is 334 g/mol. The maximum atomic E-state index is 12.2. The van der Waals surface area contributed by atoms with Gasteiger partial charge < -0.3 is 5.32 Å². The molecule has 3 rings (SSSR count). The third-order valence-corrected chi connectivity index (χ3v) is 4.45. The summed E-state index contributed by atoms with van der Waals surface area (Å²) in [5.41, 5.74) is 0.609. The number of nitrogens with one attached hydrogen (secondary N) is 1. The maximum absolute atomic E-state index is 12.2. The molecule has 0 saturated heterocycles. The first-order valence-electron chi connectivity index (χ1n) is 7.05. The number of rotatable bonds is 4. The Balaban J connectivity index is 1.67. The Hall–Kier alpha value is -1.76. The zero-order chi connectivity index (χ0) is 14.7. The summed E-state index contributed by atoms with van der Waals surface area (Å²) < 4.78 is 2.63. The Morgan fingerprint density at radius 1 is 1.33 bits per heavy atom. The first-order valence-corrected chi connectivity index (χ1v) is 7.84. The number of carbonyl (C=O) groups excluding carboxylic acids is 1. The summed E-state index contributed by atoms with van der Waals surface area (Å²) >= 11 is 3.38. The van der Waals surface area contributed by atoms with Crippen molar-refractivity contribution in [1.29, 1.82) is 0 Å². The number of hydrogen-bond donors (Lipinski definition) is 1. The average Bonchev–Trinajstić information content (AvgIpc) is 3.16. The number of halogens is 1. The molecule has 7 heteroatoms. The molecule has 2 aromatic rings. The Kier molecular flexibility index (Phi) is 4.28. The fraction of sp³-hybridized carbons (Fsp3) is 0.429. The van der Waals surface area contributed by atoms with Gasteiger partial charge in [-0.05, 0) is 51.3 Å². The molecule has 6 nitrogen and oxygen atoms in total. The lowest BCUT2D eigenvalue weighted by molar-refractivity contribution is 0.0948. The topological polar surface area (TPSA) is 72.7 Å². The van der Waals surface area contributed by atoms with Gasteiger partial charge in [-0.1, -0.05) is 25.0 Å². The lowest BCUT2D eigenvalue weighted by Crippen LogP contribution is -2.26. The van der Waals surface area contributed by atoms with Crippen LogP contribution in [0.3, 0.4) is 0 Å². The zero-order valence-electron chi connectivity index (χ0n) is 11.5. The van der Waals surface area contributed by atoms with E-state index in [0.29, 0.717) is 24.0 Å². The van der Waals surface area contributed by atoms with Gasteiger partial charge in [0, 0.05) is 4.47 Å². The fourth-order valence-electron chi connectivity index (χ4n) is 2.66. The minimum atomic E-state index is -0.136. The van der Waals surface area contributed by atoms with Crippen LogP contribution in [0.5, 0.6) is 0 Å². The molecule has 1 aliphatic rings. The predicted octanol–water partition coefficient (Wildman–Crippen LogP) is 2.48. The van der Waals surface area contributed by atoms with E-state index in [2.05, 4.69) is 36.8 Å². The van der Waals surface area contributed by atoms with E-state index in [0.717, 1.165) is 17.3 Å². The highest BCUT2D eigenvalue weighted by Crippen LogP contribution is 2.29. The highest BCUT2D eigenvalue weighted by molar-refractivity contribution is 9.10. The van der Waals surface area contributed by atoms with Gasteiger partial charge in [-0.25, -0.2) is 4.68 Å². The molecule has 1 fully saturated rings. The minimum absolute atomic E-state index is 0.136. The lowest BCUT2D eigenvalue weighted by Gasteiger charge is -2.12. The number of aromatic nitrogens is 4. The molecule has 1 aliphatic carbocycles. The van der Waals surface area contributed by atoms with Crippen molar-refractivity contribution in [3.63, 3.8) is 0 Å². The van der Waals surface area contributed by atoms with E-state index in [4.69, 9.17) is 0 Å². The van der Waals surface area contributed by atoms with Crippen LogP contribution in [-0.4, -0.2) is 26.1 Å². The molecule has 1 aromatic carbocycles. The second-order valence-corrected chi connectivity index (χ2v) is 5.99. The summed E-state index contributed by atoms with van der Waals surface area (Å²) in [4.78, 5) is 12.2. The van der Waals surface area contributed by atoms with Crippen molar-refractivity contribution in [3.05, 3.63) is 40.1 Å². The summed E-state index contributed by atoms with van der Waals surface area (Å²) in [5.74, 6) is 0.575. The smallest absolute Gasteiger partial charge is 0.252 e. The summed E-state index contributed by atoms with van der Waals surface area (Å²) in [6.45, 7) is 0.337. The largest absolute Gasteiger partial charge is 0.345 e. The number of tetrazole rings is 1. The molecule has 1 saturated carbocycles. The van der Waals surface area contributed by atoms with E-state index >= 15 is 0 Å². The molecule has 1 heterocycles. The standard InChI is InChI=1S/C14H16BrN5O/c15-12-8-4-3-7-11(12)14(21)16-9-13-17-18-19-20(13)10-5-1-2-6-10/h3-4,7-8,10H,1-2,5-6,9H2,(H,16,21). The van der Waals surface area contributed by atoms with Crippen LogP contribution in [-0.2, 0) is 6.54 Å². The van der Waals surface area contributed by atoms with Crippen LogP contribution >= 0.6 is 15.9 Å². The molecule has 0 unspecified atom stereocenters. The van der Waals surface area contributed by atoms with Gasteiger partial charge in [0.1, 0.15) is 0 Å². The predicted molar refractivity (Wildman–Crippen MR) is 80.6 cm³/mol. The summed E-state index contributed by atoms with van der Waals surface area (Å²) in [6.07, 6.45) is 4.65. The van der Waals surface area contributed by atoms with Gasteiger partial charge in [0.2, 0.25) is 0 Å². The van der Waals surface area contributed by atoms with Gasteiger partial charge >= 0.3 is 0 Å². The third kappa shape index (κ3) is 3.12. The van der Waals surface area contributed by atoms with Crippen molar-refractivity contribution in [2.24, 2.45) is 0 Å². The van der Waals surface area contributed by atoms with Crippen molar-refractivity contribution < 1.29 is 4.79 Å². The van der Waals surface area contributed by atoms with Crippen LogP contribution in [0, 0.1) is 0 Å². The lowest BCUT2D eigenvalue weighted by atomic mass is 10.2. The second-order valence-electron chi connectivity index (χ2n) is 5.14. The molecule has 0 atom stereocenters. The summed E-state index contributed by atoms with van der Waals surface area (Å²) in [7, 11) is 0. The van der Waals surface area contributed by atoms with Crippen LogP contribution in [0.2, 0.25) is 0 Å². The number of nitrogens with zero attached hydrogens (tertiary/aromatic N) is 4. The van der Waals surface area contributed by atoms with Crippen LogP contribution < -0.4 is 5.32 Å². The molecule has 1 N–H and O–H groups in total. The van der Waals surface area contributed by atoms with Gasteiger partial charge in [0.15, 0.2) is 5.82 Å².